The van der Waals surface area contributed by atoms with Crippen molar-refractivity contribution in [3.63, 3.8) is 0 Å². The van der Waals surface area contributed by atoms with Crippen LogP contribution in [0.1, 0.15) is 34.6 Å². The minimum atomic E-state index is -4.46. The van der Waals surface area contributed by atoms with Crippen LogP contribution in [0.25, 0.3) is 0 Å². The molecule has 0 spiro atoms. The number of piperidine rings is 1. The topological polar surface area (TPSA) is 70.7 Å². The molecule has 6 nitrogen and oxygen atoms in total. The van der Waals surface area contributed by atoms with E-state index in [0.717, 1.165) is 23.3 Å². The highest BCUT2D eigenvalue weighted by molar-refractivity contribution is 5.90. The van der Waals surface area contributed by atoms with Crippen molar-refractivity contribution in [3.05, 3.63) is 95.1 Å². The van der Waals surface area contributed by atoms with Crippen LogP contribution in [-0.4, -0.2) is 37.0 Å². The Balaban J connectivity index is 1.50. The van der Waals surface area contributed by atoms with E-state index in [1.165, 1.54) is 6.07 Å². The largest absolute Gasteiger partial charge is 0.497 e. The summed E-state index contributed by atoms with van der Waals surface area (Å²) >= 11 is 0. The summed E-state index contributed by atoms with van der Waals surface area (Å²) < 4.78 is 44.4. The van der Waals surface area contributed by atoms with Crippen LogP contribution in [0.4, 0.5) is 23.7 Å². The number of carbonyl (C=O) groups is 2. The van der Waals surface area contributed by atoms with Crippen LogP contribution in [0.15, 0.2) is 72.8 Å². The number of nitrogens with zero attached hydrogens (tertiary/aromatic N) is 1. The first-order chi connectivity index (χ1) is 18.1. The maximum absolute atomic E-state index is 13.2. The first-order valence-corrected chi connectivity index (χ1v) is 12.3. The second-order valence-corrected chi connectivity index (χ2v) is 9.53. The Morgan fingerprint density at radius 1 is 1.00 bits per heavy atom. The highest BCUT2D eigenvalue weighted by Crippen LogP contribution is 2.32. The third-order valence-corrected chi connectivity index (χ3v) is 6.66. The van der Waals surface area contributed by atoms with E-state index < -0.39 is 17.7 Å². The van der Waals surface area contributed by atoms with E-state index in [0.29, 0.717) is 30.0 Å². The Kier molecular flexibility index (Phi) is 8.24. The number of nitrogens with one attached hydrogen (secondary N) is 2. The van der Waals surface area contributed by atoms with Gasteiger partial charge in [0.05, 0.1) is 18.6 Å². The van der Waals surface area contributed by atoms with Gasteiger partial charge in [-0.1, -0.05) is 48.0 Å². The second kappa shape index (κ2) is 11.6. The van der Waals surface area contributed by atoms with Crippen LogP contribution in [0.2, 0.25) is 0 Å². The molecule has 1 saturated heterocycles. The number of amides is 3. The normalized spacial score (nSPS) is 17.6. The molecule has 0 radical (unpaired) electrons. The Morgan fingerprint density at radius 3 is 2.50 bits per heavy atom. The summed E-state index contributed by atoms with van der Waals surface area (Å²) in [6.07, 6.45) is -3.94. The number of rotatable bonds is 6. The molecule has 1 aliphatic rings. The van der Waals surface area contributed by atoms with E-state index in [2.05, 4.69) is 10.6 Å². The molecular weight excluding hydrogens is 495 g/mol. The molecule has 3 aromatic carbocycles. The van der Waals surface area contributed by atoms with Gasteiger partial charge in [0.15, 0.2) is 0 Å². The summed E-state index contributed by atoms with van der Waals surface area (Å²) in [7, 11) is 1.54. The second-order valence-electron chi connectivity index (χ2n) is 9.53. The van der Waals surface area contributed by atoms with Gasteiger partial charge < -0.3 is 20.3 Å². The number of alkyl halides is 3. The number of carbonyl (C=O) groups excluding carboxylic acids is 2. The van der Waals surface area contributed by atoms with Gasteiger partial charge in [0.25, 0.3) is 0 Å². The molecule has 9 heteroatoms. The van der Waals surface area contributed by atoms with Gasteiger partial charge in [0.2, 0.25) is 5.91 Å². The van der Waals surface area contributed by atoms with Gasteiger partial charge in [-0.3, -0.25) is 4.79 Å². The molecular formula is C29H30F3N3O3. The van der Waals surface area contributed by atoms with Crippen molar-refractivity contribution in [2.45, 2.75) is 32.0 Å². The van der Waals surface area contributed by atoms with Crippen LogP contribution >= 0.6 is 0 Å². The van der Waals surface area contributed by atoms with Crippen LogP contribution in [-0.2, 0) is 17.5 Å². The number of urea groups is 1. The number of ether oxygens (including phenoxy) is 1. The minimum Gasteiger partial charge on any atom is -0.497 e. The van der Waals surface area contributed by atoms with Crippen LogP contribution in [0.3, 0.4) is 0 Å². The van der Waals surface area contributed by atoms with E-state index >= 15 is 0 Å². The zero-order chi connectivity index (χ0) is 27.3. The van der Waals surface area contributed by atoms with Gasteiger partial charge in [0.1, 0.15) is 5.75 Å². The van der Waals surface area contributed by atoms with Crippen molar-refractivity contribution >= 4 is 17.6 Å². The molecule has 0 aliphatic carbocycles. The quantitative estimate of drug-likeness (QED) is 0.416. The molecule has 4 rings (SSSR count). The van der Waals surface area contributed by atoms with Crippen LogP contribution < -0.4 is 15.4 Å². The fourth-order valence-corrected chi connectivity index (χ4v) is 4.71. The molecule has 200 valence electrons. The summed E-state index contributed by atoms with van der Waals surface area (Å²) in [6.45, 7) is 2.56. The van der Waals surface area contributed by atoms with Gasteiger partial charge in [-0.2, -0.15) is 13.2 Å². The molecule has 0 aromatic heterocycles. The number of hydrogen-bond donors (Lipinski definition) is 2. The predicted octanol–water partition coefficient (Wildman–Crippen LogP) is 5.98. The average molecular weight is 526 g/mol. The summed E-state index contributed by atoms with van der Waals surface area (Å²) in [5, 5.41) is 5.65. The Bertz CT molecular complexity index is 1300. The zero-order valence-corrected chi connectivity index (χ0v) is 21.2. The van der Waals surface area contributed by atoms with Crippen molar-refractivity contribution < 1.29 is 27.5 Å². The van der Waals surface area contributed by atoms with Gasteiger partial charge >= 0.3 is 12.2 Å². The minimum absolute atomic E-state index is 0.0373. The number of hydrogen-bond acceptors (Lipinski definition) is 3. The summed E-state index contributed by atoms with van der Waals surface area (Å²) in [4.78, 5) is 28.0. The average Bonchev–Trinajstić information content (AvgIpc) is 2.91. The molecule has 0 unspecified atom stereocenters. The lowest BCUT2D eigenvalue weighted by Crippen LogP contribution is -2.49. The highest BCUT2D eigenvalue weighted by Gasteiger charge is 2.35. The van der Waals surface area contributed by atoms with Crippen LogP contribution in [0, 0.1) is 12.8 Å². The standard InChI is InChI=1S/C29H30F3N3O3/c1-19-6-3-8-21(12-19)22-14-23(27(36)33-16-20-7-4-9-24(13-20)29(30,31)32)18-35(17-22)28(37)34-25-10-5-11-26(15-25)38-2/h3-13,15,22-23H,14,16-18H2,1-2H3,(H,33,36)(H,34,37)/t22-,23+/m0/s1. The van der Waals surface area contributed by atoms with Crippen molar-refractivity contribution in [1.82, 2.24) is 10.2 Å². The van der Waals surface area contributed by atoms with E-state index in [4.69, 9.17) is 4.74 Å². The monoisotopic (exact) mass is 525 g/mol. The van der Waals surface area contributed by atoms with Crippen LogP contribution in [0.5, 0.6) is 5.75 Å². The maximum atomic E-state index is 13.2. The fraction of sp³-hybridized carbons (Fsp3) is 0.310. The van der Waals surface area contributed by atoms with E-state index in [1.54, 1.807) is 42.3 Å². The number of methoxy groups -OCH3 is 1. The van der Waals surface area contributed by atoms with Crippen molar-refractivity contribution in [1.29, 1.82) is 0 Å². The zero-order valence-electron chi connectivity index (χ0n) is 21.2. The van der Waals surface area contributed by atoms with Crippen molar-refractivity contribution in [3.8, 4) is 5.75 Å². The van der Waals surface area contributed by atoms with E-state index in [1.807, 2.05) is 31.2 Å². The first kappa shape index (κ1) is 27.0. The van der Waals surface area contributed by atoms with E-state index in [9.17, 15) is 22.8 Å². The van der Waals surface area contributed by atoms with E-state index in [-0.39, 0.29) is 30.9 Å². The van der Waals surface area contributed by atoms with Crippen molar-refractivity contribution in [2.75, 3.05) is 25.5 Å². The smallest absolute Gasteiger partial charge is 0.416 e. The Hall–Kier alpha value is -4.01. The number of aryl methyl sites for hydroxylation is 1. The van der Waals surface area contributed by atoms with Gasteiger partial charge in [-0.25, -0.2) is 4.79 Å². The molecule has 1 heterocycles. The SMILES string of the molecule is COc1cccc(NC(=O)N2C[C@H](C(=O)NCc3cccc(C(F)(F)F)c3)C[C@H](c3cccc(C)c3)C2)c1. The number of likely N-dealkylation sites (tertiary alicyclic amines) is 1. The lowest BCUT2D eigenvalue weighted by molar-refractivity contribution is -0.137. The molecule has 1 fully saturated rings. The predicted molar refractivity (Wildman–Crippen MR) is 139 cm³/mol. The molecule has 2 N–H and O–H groups in total. The molecule has 2 atom stereocenters. The third-order valence-electron chi connectivity index (χ3n) is 6.66. The third kappa shape index (κ3) is 6.85. The van der Waals surface area contributed by atoms with Gasteiger partial charge in [-0.15, -0.1) is 0 Å². The lowest BCUT2D eigenvalue weighted by atomic mass is 9.83. The van der Waals surface area contributed by atoms with Gasteiger partial charge in [0, 0.05) is 37.3 Å². The van der Waals surface area contributed by atoms with Crippen molar-refractivity contribution in [2.24, 2.45) is 5.92 Å². The highest BCUT2D eigenvalue weighted by atomic mass is 19.4. The molecule has 38 heavy (non-hydrogen) atoms. The lowest BCUT2D eigenvalue weighted by Gasteiger charge is -2.37. The van der Waals surface area contributed by atoms with Gasteiger partial charge in [-0.05, 0) is 48.7 Å². The number of benzene rings is 3. The summed E-state index contributed by atoms with van der Waals surface area (Å²) in [5.41, 5.74) is 2.26. The molecule has 1 aliphatic heterocycles. The summed E-state index contributed by atoms with van der Waals surface area (Å²) in [6, 6.07) is 19.5. The Labute approximate surface area is 219 Å². The summed E-state index contributed by atoms with van der Waals surface area (Å²) in [5.74, 6) is -0.315. The molecule has 3 aromatic rings. The number of halogens is 3. The Morgan fingerprint density at radius 2 is 1.76 bits per heavy atom. The first-order valence-electron chi connectivity index (χ1n) is 12.3. The fourth-order valence-electron chi connectivity index (χ4n) is 4.71. The number of anilines is 1. The molecule has 3 amide bonds. The molecule has 0 saturated carbocycles. The molecule has 0 bridgehead atoms. The maximum Gasteiger partial charge on any atom is 0.416 e.